The monoisotopic (exact) mass is 348 g/mol. The summed E-state index contributed by atoms with van der Waals surface area (Å²) in [5.41, 5.74) is 2.28. The second-order valence-corrected chi connectivity index (χ2v) is 7.20. The first-order valence-electron chi connectivity index (χ1n) is 7.87. The Morgan fingerprint density at radius 3 is 1.43 bits per heavy atom. The maximum atomic E-state index is 12.8. The number of carbonyl (C=O) groups is 1. The number of rotatable bonds is 2. The second-order valence-electron chi connectivity index (χ2n) is 6.33. The molecular weight excluding hydrogens is 329 g/mol. The molecule has 2 N–H and O–H groups in total. The fourth-order valence-corrected chi connectivity index (χ4v) is 3.75. The van der Waals surface area contributed by atoms with Crippen molar-refractivity contribution in [1.82, 2.24) is 0 Å². The van der Waals surface area contributed by atoms with Crippen LogP contribution in [0.5, 0.6) is 0 Å². The zero-order chi connectivity index (χ0) is 16.6. The van der Waals surface area contributed by atoms with Gasteiger partial charge < -0.3 is 5.32 Å². The summed E-state index contributed by atoms with van der Waals surface area (Å²) in [6.07, 6.45) is 0. The highest BCUT2D eigenvalue weighted by atomic mass is 35.5. The molecule has 1 aliphatic heterocycles. The quantitative estimate of drug-likeness (QED) is 0.866. The number of Topliss-reactive ketones (excluding diaryl/α,β-unsaturated/α-hetero) is 1. The Morgan fingerprint density at radius 1 is 0.739 bits per heavy atom. The predicted molar refractivity (Wildman–Crippen MR) is 93.6 cm³/mol. The van der Waals surface area contributed by atoms with Gasteiger partial charge in [0.25, 0.3) is 0 Å². The van der Waals surface area contributed by atoms with Crippen LogP contribution in [0, 0.1) is 11.8 Å². The minimum atomic E-state index is -0.0188. The highest BCUT2D eigenvalue weighted by Crippen LogP contribution is 2.33. The molecule has 1 saturated heterocycles. The van der Waals surface area contributed by atoms with Crippen molar-refractivity contribution in [2.24, 2.45) is 11.8 Å². The van der Waals surface area contributed by atoms with E-state index in [-0.39, 0.29) is 23.9 Å². The molecule has 23 heavy (non-hydrogen) atoms. The predicted octanol–water partition coefficient (Wildman–Crippen LogP) is 4.19. The van der Waals surface area contributed by atoms with Gasteiger partial charge in [-0.3, -0.25) is 4.79 Å². The van der Waals surface area contributed by atoms with Crippen molar-refractivity contribution in [2.45, 2.75) is 25.9 Å². The summed E-state index contributed by atoms with van der Waals surface area (Å²) >= 11 is 12.0. The van der Waals surface area contributed by atoms with E-state index < -0.39 is 0 Å². The van der Waals surface area contributed by atoms with Crippen molar-refractivity contribution in [3.63, 3.8) is 0 Å². The lowest BCUT2D eigenvalue weighted by Gasteiger charge is -2.36. The number of nitrogens with two attached hydrogens (primary N) is 1. The van der Waals surface area contributed by atoms with Gasteiger partial charge in [0.2, 0.25) is 0 Å². The maximum Gasteiger partial charge on any atom is 0.151 e. The molecule has 0 aliphatic carbocycles. The molecule has 0 amide bonds. The van der Waals surface area contributed by atoms with Crippen molar-refractivity contribution in [3.8, 4) is 0 Å². The molecule has 1 fully saturated rings. The smallest absolute Gasteiger partial charge is 0.151 e. The number of halogens is 2. The third-order valence-corrected chi connectivity index (χ3v) is 5.40. The van der Waals surface area contributed by atoms with Crippen LogP contribution in [-0.4, -0.2) is 5.78 Å². The highest BCUT2D eigenvalue weighted by Gasteiger charge is 2.43. The summed E-state index contributed by atoms with van der Waals surface area (Å²) in [6.45, 7) is 4.04. The third kappa shape index (κ3) is 3.30. The van der Waals surface area contributed by atoms with Gasteiger partial charge in [0.15, 0.2) is 5.78 Å². The van der Waals surface area contributed by atoms with E-state index in [1.165, 1.54) is 0 Å². The fourth-order valence-electron chi connectivity index (χ4n) is 3.49. The molecule has 0 saturated carbocycles. The van der Waals surface area contributed by atoms with Crippen molar-refractivity contribution in [2.75, 3.05) is 0 Å². The molecule has 0 radical (unpaired) electrons. The fraction of sp³-hybridized carbons (Fsp3) is 0.316. The van der Waals surface area contributed by atoms with Crippen LogP contribution in [-0.2, 0) is 4.79 Å². The highest BCUT2D eigenvalue weighted by molar-refractivity contribution is 6.30. The zero-order valence-corrected chi connectivity index (χ0v) is 14.7. The molecule has 0 spiro atoms. The van der Waals surface area contributed by atoms with E-state index in [0.29, 0.717) is 15.8 Å². The lowest BCUT2D eigenvalue weighted by Crippen LogP contribution is -2.91. The Kier molecular flexibility index (Phi) is 4.77. The van der Waals surface area contributed by atoms with Crippen molar-refractivity contribution >= 4 is 29.0 Å². The average molecular weight is 349 g/mol. The molecule has 0 aromatic heterocycles. The van der Waals surface area contributed by atoms with Gasteiger partial charge >= 0.3 is 0 Å². The largest absolute Gasteiger partial charge is 0.333 e. The van der Waals surface area contributed by atoms with Crippen LogP contribution in [0.1, 0.15) is 37.1 Å². The molecular formula is C19H20Cl2NO+. The van der Waals surface area contributed by atoms with E-state index in [1.807, 2.05) is 62.4 Å². The molecule has 1 aliphatic rings. The first kappa shape index (κ1) is 16.5. The number of benzene rings is 2. The molecule has 2 aromatic rings. The van der Waals surface area contributed by atoms with Gasteiger partial charge in [-0.15, -0.1) is 0 Å². The van der Waals surface area contributed by atoms with E-state index in [9.17, 15) is 4.79 Å². The van der Waals surface area contributed by atoms with Gasteiger partial charge in [0.1, 0.15) is 12.1 Å². The van der Waals surface area contributed by atoms with Gasteiger partial charge in [0.05, 0.1) is 11.8 Å². The van der Waals surface area contributed by atoms with Crippen LogP contribution >= 0.6 is 23.2 Å². The van der Waals surface area contributed by atoms with E-state index in [2.05, 4.69) is 5.32 Å². The number of piperidine rings is 1. The standard InChI is InChI=1S/C19H19Cl2NO/c1-11-17(13-3-7-15(20)8-4-13)22-18(12(2)19(11)23)14-5-9-16(21)10-6-14/h3-12,17-18,22H,1-2H3/p+1/t11-,12+,17-,18+. The molecule has 3 rings (SSSR count). The third-order valence-electron chi connectivity index (χ3n) is 4.90. The van der Waals surface area contributed by atoms with Crippen LogP contribution in [0.2, 0.25) is 10.0 Å². The SMILES string of the molecule is C[C@@H]1C(=O)[C@H](C)[C@H](c2ccc(Cl)cc2)[NH2+][C@@H]1c1ccc(Cl)cc1. The van der Waals surface area contributed by atoms with E-state index >= 15 is 0 Å². The Bertz CT molecular complexity index is 637. The lowest BCUT2D eigenvalue weighted by molar-refractivity contribution is -0.748. The summed E-state index contributed by atoms with van der Waals surface area (Å²) < 4.78 is 0. The van der Waals surface area contributed by atoms with E-state index in [1.54, 1.807) is 0 Å². The molecule has 1 heterocycles. The molecule has 4 heteroatoms. The number of hydrogen-bond acceptors (Lipinski definition) is 1. The first-order valence-corrected chi connectivity index (χ1v) is 8.62. The molecule has 2 aromatic carbocycles. The molecule has 4 atom stereocenters. The zero-order valence-electron chi connectivity index (χ0n) is 13.2. The number of hydrogen-bond donors (Lipinski definition) is 1. The Hall–Kier alpha value is -1.35. The number of ketones is 1. The minimum absolute atomic E-state index is 0.0188. The van der Waals surface area contributed by atoms with E-state index in [4.69, 9.17) is 23.2 Å². The number of carbonyl (C=O) groups excluding carboxylic acids is 1. The van der Waals surface area contributed by atoms with E-state index in [0.717, 1.165) is 11.1 Å². The first-order chi connectivity index (χ1) is 11.0. The summed E-state index contributed by atoms with van der Waals surface area (Å²) in [4.78, 5) is 12.8. The van der Waals surface area contributed by atoms with Crippen molar-refractivity contribution in [1.29, 1.82) is 0 Å². The molecule has 2 nitrogen and oxygen atoms in total. The summed E-state index contributed by atoms with van der Waals surface area (Å²) in [5.74, 6) is 0.275. The van der Waals surface area contributed by atoms with Crippen LogP contribution < -0.4 is 5.32 Å². The Labute approximate surface area is 146 Å². The van der Waals surface area contributed by atoms with Gasteiger partial charge in [-0.05, 0) is 38.1 Å². The van der Waals surface area contributed by atoms with Crippen molar-refractivity contribution in [3.05, 3.63) is 69.7 Å². The Morgan fingerprint density at radius 2 is 1.09 bits per heavy atom. The molecule has 0 bridgehead atoms. The van der Waals surface area contributed by atoms with Gasteiger partial charge in [-0.2, -0.15) is 0 Å². The second kappa shape index (κ2) is 6.64. The summed E-state index contributed by atoms with van der Waals surface area (Å²) in [7, 11) is 0. The molecule has 0 unspecified atom stereocenters. The molecule has 120 valence electrons. The number of quaternary nitrogens is 1. The Balaban J connectivity index is 1.94. The summed E-state index contributed by atoms with van der Waals surface area (Å²) in [5, 5.41) is 3.74. The van der Waals surface area contributed by atoms with Gasteiger partial charge in [-0.1, -0.05) is 47.5 Å². The topological polar surface area (TPSA) is 33.7 Å². The van der Waals surface area contributed by atoms with Gasteiger partial charge in [-0.25, -0.2) is 0 Å². The summed E-state index contributed by atoms with van der Waals surface area (Å²) in [6, 6.07) is 15.8. The minimum Gasteiger partial charge on any atom is -0.333 e. The lowest BCUT2D eigenvalue weighted by atomic mass is 9.76. The normalized spacial score (nSPS) is 27.9. The van der Waals surface area contributed by atoms with Crippen LogP contribution in [0.15, 0.2) is 48.5 Å². The van der Waals surface area contributed by atoms with Gasteiger partial charge in [0, 0.05) is 21.2 Å². The van der Waals surface area contributed by atoms with Crippen LogP contribution in [0.3, 0.4) is 0 Å². The average Bonchev–Trinajstić information content (AvgIpc) is 2.55. The van der Waals surface area contributed by atoms with Crippen LogP contribution in [0.25, 0.3) is 0 Å². The van der Waals surface area contributed by atoms with Crippen molar-refractivity contribution < 1.29 is 10.1 Å². The van der Waals surface area contributed by atoms with Crippen LogP contribution in [0.4, 0.5) is 0 Å². The maximum absolute atomic E-state index is 12.8.